The first-order chi connectivity index (χ1) is 5.49. The molecule has 1 N–H and O–H groups in total. The summed E-state index contributed by atoms with van der Waals surface area (Å²) in [4.78, 5) is 24.4. The van der Waals surface area contributed by atoms with Gasteiger partial charge in [-0.05, 0) is 13.8 Å². The molecule has 4 heteroatoms. The van der Waals surface area contributed by atoms with Gasteiger partial charge in [0.05, 0.1) is 12.6 Å². The molecule has 0 heterocycles. The lowest BCUT2D eigenvalue weighted by Gasteiger charge is -2.08. The molecule has 1 unspecified atom stereocenters. The van der Waals surface area contributed by atoms with E-state index < -0.39 is 11.9 Å². The maximum atomic E-state index is 10.9. The minimum atomic E-state index is -0.590. The number of rotatable bonds is 3. The number of Topliss-reactive ketones (excluding diaryl/α,β-unsaturated/α-hetero) is 1. The van der Waals surface area contributed by atoms with Crippen LogP contribution in [0.15, 0.2) is 12.3 Å². The van der Waals surface area contributed by atoms with Gasteiger partial charge in [-0.1, -0.05) is 6.58 Å². The zero-order valence-corrected chi connectivity index (χ0v) is 7.05. The van der Waals surface area contributed by atoms with E-state index in [1.807, 2.05) is 0 Å². The summed E-state index contributed by atoms with van der Waals surface area (Å²) >= 11 is 0. The van der Waals surface area contributed by atoms with Gasteiger partial charge in [0.2, 0.25) is 11.6 Å². The third-order valence-corrected chi connectivity index (χ3v) is 1.35. The summed E-state index contributed by atoms with van der Waals surface area (Å²) in [6, 6.07) is -0.559. The Kier molecular flexibility index (Phi) is 3.71. The van der Waals surface area contributed by atoms with E-state index in [-0.39, 0.29) is 11.5 Å². The average molecular weight is 166 g/mol. The zero-order chi connectivity index (χ0) is 9.72. The lowest BCUT2D eigenvalue weighted by atomic mass is 10.2. The fourth-order valence-electron chi connectivity index (χ4n) is 0.432. The van der Waals surface area contributed by atoms with Gasteiger partial charge in [-0.2, -0.15) is 0 Å². The number of ketones is 1. The highest BCUT2D eigenvalue weighted by atomic mass is 16.2. The second kappa shape index (κ2) is 4.29. The van der Waals surface area contributed by atoms with E-state index >= 15 is 0 Å². The third-order valence-electron chi connectivity index (χ3n) is 1.35. The van der Waals surface area contributed by atoms with Crippen LogP contribution in [0.5, 0.6) is 0 Å². The van der Waals surface area contributed by atoms with E-state index in [9.17, 15) is 9.59 Å². The van der Waals surface area contributed by atoms with Crippen LogP contribution in [0.3, 0.4) is 0 Å². The van der Waals surface area contributed by atoms with Crippen molar-refractivity contribution in [1.29, 1.82) is 0 Å². The second-order valence-electron chi connectivity index (χ2n) is 2.36. The molecule has 1 atom stereocenters. The molecular weight excluding hydrogens is 156 g/mol. The van der Waals surface area contributed by atoms with Crippen molar-refractivity contribution in [3.05, 3.63) is 23.7 Å². The van der Waals surface area contributed by atoms with Crippen LogP contribution in [0.25, 0.3) is 4.85 Å². The zero-order valence-electron chi connectivity index (χ0n) is 7.05. The number of nitrogens with zero attached hydrogens (tertiary/aromatic N) is 1. The first kappa shape index (κ1) is 10.4. The van der Waals surface area contributed by atoms with Crippen molar-refractivity contribution < 1.29 is 9.59 Å². The summed E-state index contributed by atoms with van der Waals surface area (Å²) < 4.78 is 0. The summed E-state index contributed by atoms with van der Waals surface area (Å²) in [6.45, 7) is 12.6. The second-order valence-corrected chi connectivity index (χ2v) is 2.36. The molecule has 0 bridgehead atoms. The lowest BCUT2D eigenvalue weighted by Crippen LogP contribution is -2.37. The molecule has 0 aliphatic rings. The molecule has 0 spiro atoms. The number of carbonyl (C=O) groups excluding carboxylic acids is 2. The van der Waals surface area contributed by atoms with E-state index in [1.165, 1.54) is 6.92 Å². The molecule has 0 aliphatic heterocycles. The minimum Gasteiger partial charge on any atom is -0.352 e. The molecule has 0 radical (unpaired) electrons. The van der Waals surface area contributed by atoms with Gasteiger partial charge in [0.25, 0.3) is 0 Å². The first-order valence-electron chi connectivity index (χ1n) is 3.36. The van der Waals surface area contributed by atoms with Gasteiger partial charge in [0, 0.05) is 0 Å². The number of hydrogen-bond donors (Lipinski definition) is 1. The average Bonchev–Trinajstić information content (AvgIpc) is 2.02. The van der Waals surface area contributed by atoms with Crippen LogP contribution in [0.4, 0.5) is 0 Å². The molecule has 0 saturated carbocycles. The van der Waals surface area contributed by atoms with Gasteiger partial charge in [0.1, 0.15) is 0 Å². The van der Waals surface area contributed by atoms with Crippen molar-refractivity contribution in [3.8, 4) is 0 Å². The highest BCUT2D eigenvalue weighted by Gasteiger charge is 2.12. The van der Waals surface area contributed by atoms with Crippen molar-refractivity contribution in [1.82, 2.24) is 5.32 Å². The Hall–Kier alpha value is -1.63. The van der Waals surface area contributed by atoms with Crippen LogP contribution in [0, 0.1) is 6.57 Å². The smallest absolute Gasteiger partial charge is 0.250 e. The van der Waals surface area contributed by atoms with E-state index in [1.54, 1.807) is 6.92 Å². The molecule has 0 aromatic carbocycles. The Morgan fingerprint density at radius 3 is 2.42 bits per heavy atom. The quantitative estimate of drug-likeness (QED) is 0.490. The Labute approximate surface area is 71.1 Å². The van der Waals surface area contributed by atoms with Crippen LogP contribution < -0.4 is 5.32 Å². The Balaban J connectivity index is 4.13. The molecule has 4 nitrogen and oxygen atoms in total. The monoisotopic (exact) mass is 166 g/mol. The van der Waals surface area contributed by atoms with Crippen molar-refractivity contribution >= 4 is 11.7 Å². The summed E-state index contributed by atoms with van der Waals surface area (Å²) in [7, 11) is 0. The predicted molar refractivity (Wildman–Crippen MR) is 44.0 cm³/mol. The maximum Gasteiger partial charge on any atom is 0.250 e. The lowest BCUT2D eigenvalue weighted by molar-refractivity contribution is -0.124. The Morgan fingerprint density at radius 2 is 2.08 bits per heavy atom. The molecule has 0 rings (SSSR count). The Morgan fingerprint density at radius 1 is 1.58 bits per heavy atom. The summed E-state index contributed by atoms with van der Waals surface area (Å²) in [5.74, 6) is -0.742. The molecule has 12 heavy (non-hydrogen) atoms. The molecule has 1 amide bonds. The van der Waals surface area contributed by atoms with Crippen molar-refractivity contribution in [2.75, 3.05) is 0 Å². The van der Waals surface area contributed by atoms with E-state index in [0.717, 1.165) is 0 Å². The van der Waals surface area contributed by atoms with Crippen LogP contribution in [0.2, 0.25) is 0 Å². The van der Waals surface area contributed by atoms with Gasteiger partial charge in [-0.3, -0.25) is 9.59 Å². The van der Waals surface area contributed by atoms with Gasteiger partial charge < -0.3 is 5.32 Å². The highest BCUT2D eigenvalue weighted by Crippen LogP contribution is 1.93. The van der Waals surface area contributed by atoms with Gasteiger partial charge in [-0.25, -0.2) is 4.85 Å². The molecule has 0 saturated heterocycles. The molecule has 0 aromatic heterocycles. The van der Waals surface area contributed by atoms with E-state index in [4.69, 9.17) is 6.57 Å². The van der Waals surface area contributed by atoms with Gasteiger partial charge in [0.15, 0.2) is 5.78 Å². The van der Waals surface area contributed by atoms with Crippen molar-refractivity contribution in [3.63, 3.8) is 0 Å². The van der Waals surface area contributed by atoms with E-state index in [2.05, 4.69) is 16.7 Å². The fourth-order valence-corrected chi connectivity index (χ4v) is 0.432. The van der Waals surface area contributed by atoms with Gasteiger partial charge >= 0.3 is 0 Å². The standard InChI is InChI=1S/C8H10N2O2/c1-5(7(3)11)10-8(12)6(2)9-4/h5H,2H2,1,3H3,(H,10,12). The predicted octanol–water partition coefficient (Wildman–Crippen LogP) is 0.513. The van der Waals surface area contributed by atoms with E-state index in [0.29, 0.717) is 0 Å². The molecule has 0 fully saturated rings. The number of carbonyl (C=O) groups is 2. The van der Waals surface area contributed by atoms with Gasteiger partial charge in [-0.15, -0.1) is 0 Å². The van der Waals surface area contributed by atoms with Crippen LogP contribution in [-0.4, -0.2) is 17.7 Å². The normalized spacial score (nSPS) is 11.1. The molecule has 0 aliphatic carbocycles. The first-order valence-corrected chi connectivity index (χ1v) is 3.36. The highest BCUT2D eigenvalue weighted by molar-refractivity contribution is 5.97. The fraction of sp³-hybridized carbons (Fsp3) is 0.375. The summed E-state index contributed by atoms with van der Waals surface area (Å²) in [5, 5.41) is 2.33. The van der Waals surface area contributed by atoms with Crippen LogP contribution >= 0.6 is 0 Å². The molecule has 64 valence electrons. The van der Waals surface area contributed by atoms with Crippen molar-refractivity contribution in [2.45, 2.75) is 19.9 Å². The molecule has 0 aromatic rings. The number of hydrogen-bond acceptors (Lipinski definition) is 2. The molecular formula is C8H10N2O2. The number of amides is 1. The van der Waals surface area contributed by atoms with Crippen LogP contribution in [0.1, 0.15) is 13.8 Å². The Bertz CT molecular complexity index is 263. The van der Waals surface area contributed by atoms with Crippen molar-refractivity contribution in [2.24, 2.45) is 0 Å². The summed E-state index contributed by atoms with van der Waals surface area (Å²) in [5.41, 5.74) is -0.205. The minimum absolute atomic E-state index is 0.152. The third kappa shape index (κ3) is 2.97. The topological polar surface area (TPSA) is 50.5 Å². The summed E-state index contributed by atoms with van der Waals surface area (Å²) in [6.07, 6.45) is 0. The maximum absolute atomic E-state index is 10.9. The largest absolute Gasteiger partial charge is 0.352 e. The van der Waals surface area contributed by atoms with Crippen LogP contribution in [-0.2, 0) is 9.59 Å². The number of nitrogens with one attached hydrogen (secondary N) is 1. The SMILES string of the molecule is [C-]#[N+]C(=C)C(=O)NC(C)C(C)=O.